The average molecular weight is 211 g/mol. The molecule has 1 aromatic rings. The molecule has 1 aromatic carbocycles. The van der Waals surface area contributed by atoms with Crippen LogP contribution in [0, 0.1) is 12.7 Å². The minimum absolute atomic E-state index is 0.0637. The molecular weight excluding hydrogens is 193 g/mol. The second-order valence-electron chi connectivity index (χ2n) is 3.77. The van der Waals surface area contributed by atoms with E-state index in [-0.39, 0.29) is 18.0 Å². The molecule has 0 radical (unpaired) electrons. The van der Waals surface area contributed by atoms with E-state index in [9.17, 15) is 4.39 Å². The van der Waals surface area contributed by atoms with Crippen molar-refractivity contribution in [2.75, 3.05) is 7.11 Å². The number of aryl methyl sites for hydroxylation is 1. The summed E-state index contributed by atoms with van der Waals surface area (Å²) in [6.45, 7) is 3.85. The van der Waals surface area contributed by atoms with Crippen molar-refractivity contribution in [2.45, 2.75) is 32.4 Å². The first-order chi connectivity index (χ1) is 7.08. The first kappa shape index (κ1) is 12.1. The van der Waals surface area contributed by atoms with E-state index >= 15 is 0 Å². The van der Waals surface area contributed by atoms with E-state index in [1.807, 2.05) is 19.9 Å². The van der Waals surface area contributed by atoms with Crippen LogP contribution in [-0.2, 0) is 4.74 Å². The molecule has 3 heteroatoms. The van der Waals surface area contributed by atoms with Crippen molar-refractivity contribution >= 4 is 0 Å². The highest BCUT2D eigenvalue weighted by Gasteiger charge is 2.17. The van der Waals surface area contributed by atoms with Crippen LogP contribution in [-0.4, -0.2) is 13.2 Å². The summed E-state index contributed by atoms with van der Waals surface area (Å²) in [6, 6.07) is 4.59. The van der Waals surface area contributed by atoms with Crippen molar-refractivity contribution in [1.29, 1.82) is 0 Å². The highest BCUT2D eigenvalue weighted by molar-refractivity contribution is 5.26. The molecule has 0 bridgehead atoms. The van der Waals surface area contributed by atoms with E-state index in [1.54, 1.807) is 7.11 Å². The van der Waals surface area contributed by atoms with Crippen molar-refractivity contribution in [3.63, 3.8) is 0 Å². The highest BCUT2D eigenvalue weighted by Crippen LogP contribution is 2.20. The third-order valence-corrected chi connectivity index (χ3v) is 2.56. The van der Waals surface area contributed by atoms with Crippen LogP contribution in [0.15, 0.2) is 18.2 Å². The smallest absolute Gasteiger partial charge is 0.123 e. The molecule has 0 fully saturated rings. The number of hydrogen-bond acceptors (Lipinski definition) is 2. The van der Waals surface area contributed by atoms with Crippen LogP contribution in [0.5, 0.6) is 0 Å². The van der Waals surface area contributed by atoms with Crippen molar-refractivity contribution in [3.8, 4) is 0 Å². The van der Waals surface area contributed by atoms with Crippen molar-refractivity contribution in [2.24, 2.45) is 5.73 Å². The van der Waals surface area contributed by atoms with Gasteiger partial charge in [0.1, 0.15) is 5.82 Å². The zero-order chi connectivity index (χ0) is 11.4. The fourth-order valence-corrected chi connectivity index (χ4v) is 1.74. The normalized spacial score (nSPS) is 15.0. The molecule has 2 unspecified atom stereocenters. The average Bonchev–Trinajstić information content (AvgIpc) is 2.18. The maximum Gasteiger partial charge on any atom is 0.123 e. The molecule has 0 amide bonds. The van der Waals surface area contributed by atoms with E-state index in [2.05, 4.69) is 0 Å². The van der Waals surface area contributed by atoms with E-state index in [4.69, 9.17) is 10.5 Å². The molecule has 0 aliphatic carbocycles. The lowest BCUT2D eigenvalue weighted by Crippen LogP contribution is -2.27. The quantitative estimate of drug-likeness (QED) is 0.830. The Morgan fingerprint density at radius 1 is 1.40 bits per heavy atom. The van der Waals surface area contributed by atoms with Gasteiger partial charge in [-0.2, -0.15) is 0 Å². The van der Waals surface area contributed by atoms with Gasteiger partial charge in [-0.05, 0) is 36.6 Å². The first-order valence-corrected chi connectivity index (χ1v) is 5.14. The zero-order valence-corrected chi connectivity index (χ0v) is 9.46. The molecule has 0 aliphatic heterocycles. The molecule has 1 rings (SSSR count). The van der Waals surface area contributed by atoms with E-state index in [0.29, 0.717) is 0 Å². The maximum atomic E-state index is 13.2. The molecule has 0 aliphatic rings. The number of rotatable bonds is 4. The molecule has 0 aromatic heterocycles. The van der Waals surface area contributed by atoms with Crippen LogP contribution in [0.3, 0.4) is 0 Å². The Kier molecular flexibility index (Phi) is 4.24. The molecule has 84 valence electrons. The number of methoxy groups -OCH3 is 1. The van der Waals surface area contributed by atoms with Gasteiger partial charge < -0.3 is 10.5 Å². The van der Waals surface area contributed by atoms with Crippen LogP contribution >= 0.6 is 0 Å². The number of nitrogens with two attached hydrogens (primary N) is 1. The fraction of sp³-hybridized carbons (Fsp3) is 0.500. The monoisotopic (exact) mass is 211 g/mol. The topological polar surface area (TPSA) is 35.2 Å². The summed E-state index contributed by atoms with van der Waals surface area (Å²) in [7, 11) is 1.63. The number of hydrogen-bond donors (Lipinski definition) is 1. The lowest BCUT2D eigenvalue weighted by molar-refractivity contribution is 0.0771. The van der Waals surface area contributed by atoms with Crippen LogP contribution < -0.4 is 5.73 Å². The molecule has 2 nitrogen and oxygen atoms in total. The third kappa shape index (κ3) is 3.01. The van der Waals surface area contributed by atoms with Gasteiger partial charge in [-0.15, -0.1) is 0 Å². The van der Waals surface area contributed by atoms with Gasteiger partial charge in [0.25, 0.3) is 0 Å². The van der Waals surface area contributed by atoms with E-state index in [0.717, 1.165) is 17.5 Å². The second kappa shape index (κ2) is 5.24. The van der Waals surface area contributed by atoms with Gasteiger partial charge in [0.05, 0.1) is 12.1 Å². The van der Waals surface area contributed by atoms with E-state index < -0.39 is 0 Å². The van der Waals surface area contributed by atoms with Gasteiger partial charge in [-0.25, -0.2) is 4.39 Å². The predicted molar refractivity (Wildman–Crippen MR) is 59.2 cm³/mol. The van der Waals surface area contributed by atoms with Crippen LogP contribution in [0.4, 0.5) is 4.39 Å². The largest absolute Gasteiger partial charge is 0.379 e. The molecule has 0 saturated heterocycles. The van der Waals surface area contributed by atoms with Crippen molar-refractivity contribution < 1.29 is 9.13 Å². The number of ether oxygens (including phenoxy) is 1. The van der Waals surface area contributed by atoms with Crippen LogP contribution in [0.25, 0.3) is 0 Å². The molecule has 2 atom stereocenters. The molecule has 0 heterocycles. The number of benzene rings is 1. The van der Waals surface area contributed by atoms with Gasteiger partial charge in [-0.3, -0.25) is 0 Å². The Hall–Kier alpha value is -0.930. The van der Waals surface area contributed by atoms with Gasteiger partial charge in [0.2, 0.25) is 0 Å². The first-order valence-electron chi connectivity index (χ1n) is 5.14. The van der Waals surface area contributed by atoms with Crippen LogP contribution in [0.1, 0.15) is 30.5 Å². The second-order valence-corrected chi connectivity index (χ2v) is 3.77. The predicted octanol–water partition coefficient (Wildman–Crippen LogP) is 2.56. The Balaban J connectivity index is 2.94. The highest BCUT2D eigenvalue weighted by atomic mass is 19.1. The van der Waals surface area contributed by atoms with Gasteiger partial charge in [0.15, 0.2) is 0 Å². The minimum atomic E-state index is -0.269. The fourth-order valence-electron chi connectivity index (χ4n) is 1.74. The number of halogens is 1. The SMILES string of the molecule is CCC(OC)C(N)c1cc(C)cc(F)c1. The summed E-state index contributed by atoms with van der Waals surface area (Å²) < 4.78 is 18.4. The summed E-state index contributed by atoms with van der Waals surface area (Å²) >= 11 is 0. The Morgan fingerprint density at radius 3 is 2.53 bits per heavy atom. The maximum absolute atomic E-state index is 13.2. The summed E-state index contributed by atoms with van der Waals surface area (Å²) in [5.74, 6) is -0.244. The van der Waals surface area contributed by atoms with Crippen molar-refractivity contribution in [1.82, 2.24) is 0 Å². The Labute approximate surface area is 90.2 Å². The lowest BCUT2D eigenvalue weighted by atomic mass is 9.99. The van der Waals surface area contributed by atoms with Crippen LogP contribution in [0.2, 0.25) is 0 Å². The summed E-state index contributed by atoms with van der Waals surface area (Å²) in [4.78, 5) is 0. The van der Waals surface area contributed by atoms with Gasteiger partial charge in [-0.1, -0.05) is 13.0 Å². The minimum Gasteiger partial charge on any atom is -0.379 e. The lowest BCUT2D eigenvalue weighted by Gasteiger charge is -2.21. The summed E-state index contributed by atoms with van der Waals surface area (Å²) in [5, 5.41) is 0. The van der Waals surface area contributed by atoms with Gasteiger partial charge in [0, 0.05) is 7.11 Å². The molecule has 15 heavy (non-hydrogen) atoms. The Bertz CT molecular complexity index is 303. The van der Waals surface area contributed by atoms with Gasteiger partial charge >= 0.3 is 0 Å². The zero-order valence-electron chi connectivity index (χ0n) is 9.46. The third-order valence-electron chi connectivity index (χ3n) is 2.56. The molecule has 0 spiro atoms. The molecular formula is C12H18FNO. The Morgan fingerprint density at radius 2 is 2.07 bits per heavy atom. The molecule has 2 N–H and O–H groups in total. The summed E-state index contributed by atoms with van der Waals surface area (Å²) in [6.07, 6.45) is 0.749. The van der Waals surface area contributed by atoms with Crippen molar-refractivity contribution in [3.05, 3.63) is 35.1 Å². The van der Waals surface area contributed by atoms with E-state index in [1.165, 1.54) is 12.1 Å². The standard InChI is InChI=1S/C12H18FNO/c1-4-11(15-3)12(14)9-5-8(2)6-10(13)7-9/h5-7,11-12H,4,14H2,1-3H3. The molecule has 0 saturated carbocycles. The summed E-state index contributed by atoms with van der Waals surface area (Å²) in [5.41, 5.74) is 7.68.